The van der Waals surface area contributed by atoms with Crippen LogP contribution in [0, 0.1) is 0 Å². The van der Waals surface area contributed by atoms with E-state index in [4.69, 9.17) is 0 Å². The maximum Gasteiger partial charge on any atom is 0.318 e. The van der Waals surface area contributed by atoms with E-state index in [9.17, 15) is 9.59 Å². The molecule has 136 valence electrons. The van der Waals surface area contributed by atoms with Gasteiger partial charge >= 0.3 is 6.03 Å². The first-order valence-electron chi connectivity index (χ1n) is 8.67. The first-order chi connectivity index (χ1) is 13.2. The summed E-state index contributed by atoms with van der Waals surface area (Å²) in [4.78, 5) is 24.1. The summed E-state index contributed by atoms with van der Waals surface area (Å²) in [6.45, 7) is 0. The number of nitrogens with one attached hydrogen (secondary N) is 3. The van der Waals surface area contributed by atoms with Gasteiger partial charge in [-0.05, 0) is 47.9 Å². The molecular weight excluding hydrogens is 338 g/mol. The van der Waals surface area contributed by atoms with Crippen molar-refractivity contribution in [1.82, 2.24) is 5.32 Å². The second-order valence-corrected chi connectivity index (χ2v) is 6.06. The molecule has 3 aromatic rings. The Morgan fingerprint density at radius 1 is 0.741 bits per heavy atom. The number of rotatable bonds is 5. The van der Waals surface area contributed by atoms with Crippen LogP contribution in [-0.4, -0.2) is 19.0 Å². The zero-order valence-corrected chi connectivity index (χ0v) is 15.0. The van der Waals surface area contributed by atoms with Crippen LogP contribution < -0.4 is 16.0 Å². The Morgan fingerprint density at radius 2 is 1.33 bits per heavy atom. The SMILES string of the molecule is CNC(=O)Nc1ccc(NC(=O)c2ccccc2Cc2ccccc2)cc1. The smallest absolute Gasteiger partial charge is 0.318 e. The summed E-state index contributed by atoms with van der Waals surface area (Å²) in [5.74, 6) is -0.159. The molecule has 0 aromatic heterocycles. The third-order valence-electron chi connectivity index (χ3n) is 4.13. The molecule has 3 amide bonds. The molecule has 3 aromatic carbocycles. The summed E-state index contributed by atoms with van der Waals surface area (Å²) in [7, 11) is 1.55. The van der Waals surface area contributed by atoms with Crippen LogP contribution in [0.1, 0.15) is 21.5 Å². The molecule has 0 atom stereocenters. The zero-order chi connectivity index (χ0) is 19.1. The van der Waals surface area contributed by atoms with Crippen LogP contribution in [0.2, 0.25) is 0 Å². The molecule has 3 N–H and O–H groups in total. The van der Waals surface area contributed by atoms with E-state index in [-0.39, 0.29) is 11.9 Å². The van der Waals surface area contributed by atoms with Crippen LogP contribution in [0.15, 0.2) is 78.9 Å². The standard InChI is InChI=1S/C22H21N3O2/c1-23-22(27)25-19-13-11-18(12-14-19)24-21(26)20-10-6-5-9-17(20)15-16-7-3-2-4-8-16/h2-14H,15H2,1H3,(H,24,26)(H2,23,25,27). The Kier molecular flexibility index (Phi) is 5.84. The van der Waals surface area contributed by atoms with Gasteiger partial charge < -0.3 is 16.0 Å². The fraction of sp³-hybridized carbons (Fsp3) is 0.0909. The summed E-state index contributed by atoms with van der Waals surface area (Å²) in [6, 6.07) is 24.3. The van der Waals surface area contributed by atoms with Gasteiger partial charge in [0, 0.05) is 24.0 Å². The highest BCUT2D eigenvalue weighted by molar-refractivity contribution is 6.05. The van der Waals surface area contributed by atoms with Gasteiger partial charge in [-0.15, -0.1) is 0 Å². The van der Waals surface area contributed by atoms with E-state index in [1.165, 1.54) is 0 Å². The van der Waals surface area contributed by atoms with Gasteiger partial charge in [-0.1, -0.05) is 48.5 Å². The second-order valence-electron chi connectivity index (χ2n) is 6.06. The number of hydrogen-bond donors (Lipinski definition) is 3. The quantitative estimate of drug-likeness (QED) is 0.636. The Balaban J connectivity index is 1.72. The van der Waals surface area contributed by atoms with Crippen molar-refractivity contribution in [1.29, 1.82) is 0 Å². The first kappa shape index (κ1) is 18.2. The normalized spacial score (nSPS) is 10.1. The van der Waals surface area contributed by atoms with Crippen LogP contribution >= 0.6 is 0 Å². The molecule has 0 aliphatic carbocycles. The third kappa shape index (κ3) is 4.95. The molecule has 5 heteroatoms. The number of hydrogen-bond acceptors (Lipinski definition) is 2. The fourth-order valence-electron chi connectivity index (χ4n) is 2.74. The molecule has 0 spiro atoms. The minimum atomic E-state index is -0.290. The Labute approximate surface area is 158 Å². The predicted molar refractivity (Wildman–Crippen MR) is 108 cm³/mol. The van der Waals surface area contributed by atoms with E-state index < -0.39 is 0 Å². The van der Waals surface area contributed by atoms with Crippen molar-refractivity contribution in [3.05, 3.63) is 95.6 Å². The van der Waals surface area contributed by atoms with E-state index in [1.54, 1.807) is 31.3 Å². The van der Waals surface area contributed by atoms with Gasteiger partial charge in [-0.25, -0.2) is 4.79 Å². The summed E-state index contributed by atoms with van der Waals surface area (Å²) in [5, 5.41) is 8.08. The Hall–Kier alpha value is -3.60. The summed E-state index contributed by atoms with van der Waals surface area (Å²) in [6.07, 6.45) is 0.694. The lowest BCUT2D eigenvalue weighted by atomic mass is 9.99. The molecule has 3 rings (SSSR count). The number of carbonyl (C=O) groups is 2. The van der Waals surface area contributed by atoms with Gasteiger partial charge in [-0.3, -0.25) is 4.79 Å². The van der Waals surface area contributed by atoms with Gasteiger partial charge in [0.15, 0.2) is 0 Å². The molecule has 27 heavy (non-hydrogen) atoms. The van der Waals surface area contributed by atoms with Crippen LogP contribution in [-0.2, 0) is 6.42 Å². The predicted octanol–water partition coefficient (Wildman–Crippen LogP) is 4.28. The van der Waals surface area contributed by atoms with Crippen LogP contribution in [0.5, 0.6) is 0 Å². The third-order valence-corrected chi connectivity index (χ3v) is 4.13. The van der Waals surface area contributed by atoms with Gasteiger partial charge in [0.25, 0.3) is 5.91 Å². The van der Waals surface area contributed by atoms with Crippen molar-refractivity contribution in [2.24, 2.45) is 0 Å². The lowest BCUT2D eigenvalue weighted by Crippen LogP contribution is -2.24. The highest BCUT2D eigenvalue weighted by atomic mass is 16.2. The molecule has 0 unspecified atom stereocenters. The summed E-state index contributed by atoms with van der Waals surface area (Å²) in [5.41, 5.74) is 4.09. The topological polar surface area (TPSA) is 70.2 Å². The molecule has 0 saturated heterocycles. The van der Waals surface area contributed by atoms with E-state index in [1.807, 2.05) is 54.6 Å². The molecule has 0 heterocycles. The molecule has 0 aliphatic heterocycles. The van der Waals surface area contributed by atoms with E-state index in [0.717, 1.165) is 11.1 Å². The highest BCUT2D eigenvalue weighted by Gasteiger charge is 2.11. The molecule has 0 bridgehead atoms. The van der Waals surface area contributed by atoms with Crippen LogP contribution in [0.4, 0.5) is 16.2 Å². The highest BCUT2D eigenvalue weighted by Crippen LogP contribution is 2.18. The largest absolute Gasteiger partial charge is 0.341 e. The van der Waals surface area contributed by atoms with Crippen LogP contribution in [0.25, 0.3) is 0 Å². The van der Waals surface area contributed by atoms with Crippen molar-refractivity contribution in [2.45, 2.75) is 6.42 Å². The molecule has 0 saturated carbocycles. The average Bonchev–Trinajstić information content (AvgIpc) is 2.70. The van der Waals surface area contributed by atoms with Crippen molar-refractivity contribution in [3.63, 3.8) is 0 Å². The summed E-state index contributed by atoms with van der Waals surface area (Å²) < 4.78 is 0. The minimum Gasteiger partial charge on any atom is -0.341 e. The monoisotopic (exact) mass is 359 g/mol. The number of anilines is 2. The number of carbonyl (C=O) groups excluding carboxylic acids is 2. The van der Waals surface area contributed by atoms with Crippen molar-refractivity contribution in [3.8, 4) is 0 Å². The molecular formula is C22H21N3O2. The lowest BCUT2D eigenvalue weighted by Gasteiger charge is -2.11. The van der Waals surface area contributed by atoms with E-state index >= 15 is 0 Å². The molecule has 0 radical (unpaired) electrons. The van der Waals surface area contributed by atoms with Gasteiger partial charge in [0.1, 0.15) is 0 Å². The second kappa shape index (κ2) is 8.67. The zero-order valence-electron chi connectivity index (χ0n) is 15.0. The van der Waals surface area contributed by atoms with Gasteiger partial charge in [0.2, 0.25) is 0 Å². The van der Waals surface area contributed by atoms with Gasteiger partial charge in [-0.2, -0.15) is 0 Å². The Morgan fingerprint density at radius 3 is 2.00 bits per heavy atom. The molecule has 0 fully saturated rings. The number of amides is 3. The van der Waals surface area contributed by atoms with E-state index in [0.29, 0.717) is 23.4 Å². The number of urea groups is 1. The van der Waals surface area contributed by atoms with Gasteiger partial charge in [0.05, 0.1) is 0 Å². The Bertz CT molecular complexity index is 922. The average molecular weight is 359 g/mol. The van der Waals surface area contributed by atoms with Crippen LogP contribution in [0.3, 0.4) is 0 Å². The number of benzene rings is 3. The van der Waals surface area contributed by atoms with E-state index in [2.05, 4.69) is 16.0 Å². The van der Waals surface area contributed by atoms with Crippen molar-refractivity contribution < 1.29 is 9.59 Å². The minimum absolute atomic E-state index is 0.159. The maximum absolute atomic E-state index is 12.7. The lowest BCUT2D eigenvalue weighted by molar-refractivity contribution is 0.102. The van der Waals surface area contributed by atoms with Crippen molar-refractivity contribution in [2.75, 3.05) is 17.7 Å². The summed E-state index contributed by atoms with van der Waals surface area (Å²) >= 11 is 0. The maximum atomic E-state index is 12.7. The molecule has 0 aliphatic rings. The first-order valence-corrected chi connectivity index (χ1v) is 8.67. The fourth-order valence-corrected chi connectivity index (χ4v) is 2.74. The van der Waals surface area contributed by atoms with Crippen molar-refractivity contribution >= 4 is 23.3 Å². The molecule has 5 nitrogen and oxygen atoms in total.